The first kappa shape index (κ1) is 16.9. The summed E-state index contributed by atoms with van der Waals surface area (Å²) in [5.41, 5.74) is 4.41. The van der Waals surface area contributed by atoms with E-state index in [1.54, 1.807) is 11.9 Å². The molecule has 6 nitrogen and oxygen atoms in total. The molecule has 26 heavy (non-hydrogen) atoms. The molecule has 0 bridgehead atoms. The fourth-order valence-corrected chi connectivity index (χ4v) is 4.45. The zero-order chi connectivity index (χ0) is 18.6. The quantitative estimate of drug-likeness (QED) is 0.855. The number of aryl methyl sites for hydroxylation is 3. The van der Waals surface area contributed by atoms with Crippen molar-refractivity contribution in [2.75, 3.05) is 26.7 Å². The lowest BCUT2D eigenvalue weighted by Gasteiger charge is -2.38. The Hall–Kier alpha value is -2.50. The van der Waals surface area contributed by atoms with E-state index in [0.717, 1.165) is 34.9 Å². The van der Waals surface area contributed by atoms with E-state index in [-0.39, 0.29) is 12.0 Å². The molecule has 2 aliphatic heterocycles. The van der Waals surface area contributed by atoms with Crippen molar-refractivity contribution in [3.05, 3.63) is 34.5 Å². The first-order chi connectivity index (χ1) is 12.3. The molecule has 1 unspecified atom stereocenters. The summed E-state index contributed by atoms with van der Waals surface area (Å²) >= 11 is 0. The zero-order valence-corrected chi connectivity index (χ0v) is 15.8. The Balaban J connectivity index is 1.67. The number of hydrogen-bond acceptors (Lipinski definition) is 3. The highest BCUT2D eigenvalue weighted by atomic mass is 16.6. The van der Waals surface area contributed by atoms with Gasteiger partial charge in [0.2, 0.25) is 0 Å². The number of carbonyl (C=O) groups excluding carboxylic acids is 2. The lowest BCUT2D eigenvalue weighted by Crippen LogP contribution is -2.52. The van der Waals surface area contributed by atoms with Gasteiger partial charge in [0.1, 0.15) is 11.3 Å². The molecule has 138 valence electrons. The minimum Gasteiger partial charge on any atom is -0.439 e. The predicted octanol–water partition coefficient (Wildman–Crippen LogP) is 3.15. The van der Waals surface area contributed by atoms with Crippen molar-refractivity contribution >= 4 is 22.9 Å². The van der Waals surface area contributed by atoms with Gasteiger partial charge < -0.3 is 19.5 Å². The molecule has 6 heteroatoms. The van der Waals surface area contributed by atoms with Crippen molar-refractivity contribution in [3.63, 3.8) is 0 Å². The van der Waals surface area contributed by atoms with Gasteiger partial charge in [-0.1, -0.05) is 12.1 Å². The maximum Gasteiger partial charge on any atom is 0.410 e. The summed E-state index contributed by atoms with van der Waals surface area (Å²) in [4.78, 5) is 31.9. The van der Waals surface area contributed by atoms with Crippen LogP contribution in [0.4, 0.5) is 4.79 Å². The summed E-state index contributed by atoms with van der Waals surface area (Å²) in [6.45, 7) is 7.81. The van der Waals surface area contributed by atoms with Gasteiger partial charge in [0.15, 0.2) is 0 Å². The molecule has 2 aliphatic rings. The molecule has 1 aromatic carbocycles. The number of nitrogens with one attached hydrogen (secondary N) is 1. The molecule has 2 amide bonds. The van der Waals surface area contributed by atoms with Crippen LogP contribution in [0.1, 0.15) is 40.0 Å². The minimum absolute atomic E-state index is 0.0119. The number of carbonyl (C=O) groups is 2. The number of aromatic amines is 1. The normalized spacial score (nSPS) is 23.2. The smallest absolute Gasteiger partial charge is 0.410 e. The summed E-state index contributed by atoms with van der Waals surface area (Å²) in [7, 11) is 1.74. The van der Waals surface area contributed by atoms with Crippen LogP contribution in [-0.2, 0) is 4.74 Å². The molecule has 3 heterocycles. The number of likely N-dealkylation sites (N-methyl/N-ethyl adjacent to an activating group) is 1. The second kappa shape index (κ2) is 5.76. The van der Waals surface area contributed by atoms with E-state index in [4.69, 9.17) is 4.74 Å². The van der Waals surface area contributed by atoms with Gasteiger partial charge in [-0.15, -0.1) is 0 Å². The highest BCUT2D eigenvalue weighted by molar-refractivity contribution is 6.02. The predicted molar refractivity (Wildman–Crippen MR) is 99.5 cm³/mol. The molecule has 4 rings (SSSR count). The standard InChI is InChI=1S/C20H25N3O3/c1-12-6-7-13(2)16-15(12)14(3)17(21-16)18(24)23-9-5-8-20(11-23)10-22(4)19(25)26-20/h6-7,21H,5,8-11H2,1-4H3. The van der Waals surface area contributed by atoms with Gasteiger partial charge in [0, 0.05) is 24.5 Å². The van der Waals surface area contributed by atoms with E-state index in [1.165, 1.54) is 5.56 Å². The topological polar surface area (TPSA) is 65.6 Å². The highest BCUT2D eigenvalue weighted by Gasteiger charge is 2.47. The SMILES string of the molecule is Cc1ccc(C)c2c(C)c(C(=O)N3CCCC4(CN(C)C(=O)O4)C3)[nH]c12. The van der Waals surface area contributed by atoms with Gasteiger partial charge in [-0.2, -0.15) is 0 Å². The maximum atomic E-state index is 13.3. The monoisotopic (exact) mass is 355 g/mol. The summed E-state index contributed by atoms with van der Waals surface area (Å²) in [6, 6.07) is 4.17. The number of benzene rings is 1. The van der Waals surface area contributed by atoms with Gasteiger partial charge in [0.25, 0.3) is 5.91 Å². The average molecular weight is 355 g/mol. The average Bonchev–Trinajstić information content (AvgIpc) is 3.08. The Morgan fingerprint density at radius 3 is 2.58 bits per heavy atom. The Labute approximate surface area is 153 Å². The van der Waals surface area contributed by atoms with Crippen LogP contribution in [0, 0.1) is 20.8 Å². The van der Waals surface area contributed by atoms with Crippen molar-refractivity contribution in [1.29, 1.82) is 0 Å². The van der Waals surface area contributed by atoms with Crippen LogP contribution >= 0.6 is 0 Å². The molecular weight excluding hydrogens is 330 g/mol. The van der Waals surface area contributed by atoms with E-state index in [9.17, 15) is 9.59 Å². The van der Waals surface area contributed by atoms with Crippen molar-refractivity contribution in [2.24, 2.45) is 0 Å². The fraction of sp³-hybridized carbons (Fsp3) is 0.500. The van der Waals surface area contributed by atoms with Gasteiger partial charge in [-0.25, -0.2) is 4.79 Å². The molecule has 1 spiro atoms. The van der Waals surface area contributed by atoms with E-state index in [2.05, 4.69) is 31.0 Å². The number of rotatable bonds is 1. The number of piperidine rings is 1. The largest absolute Gasteiger partial charge is 0.439 e. The van der Waals surface area contributed by atoms with Crippen molar-refractivity contribution < 1.29 is 14.3 Å². The number of amides is 2. The summed E-state index contributed by atoms with van der Waals surface area (Å²) in [5.74, 6) is -0.0119. The van der Waals surface area contributed by atoms with E-state index in [1.807, 2.05) is 11.8 Å². The first-order valence-corrected chi connectivity index (χ1v) is 9.13. The molecular formula is C20H25N3O3. The number of likely N-dealkylation sites (tertiary alicyclic amines) is 1. The Kier molecular flexibility index (Phi) is 3.75. The Morgan fingerprint density at radius 2 is 1.92 bits per heavy atom. The van der Waals surface area contributed by atoms with Gasteiger partial charge >= 0.3 is 6.09 Å². The fourth-order valence-electron chi connectivity index (χ4n) is 4.45. The molecule has 0 saturated carbocycles. The van der Waals surface area contributed by atoms with E-state index < -0.39 is 5.60 Å². The molecule has 0 aliphatic carbocycles. The van der Waals surface area contributed by atoms with Crippen LogP contribution in [0.2, 0.25) is 0 Å². The van der Waals surface area contributed by atoms with E-state index in [0.29, 0.717) is 25.3 Å². The van der Waals surface area contributed by atoms with Crippen molar-refractivity contribution in [3.8, 4) is 0 Å². The van der Waals surface area contributed by atoms with Crippen LogP contribution in [-0.4, -0.2) is 59.1 Å². The number of H-pyrrole nitrogens is 1. The lowest BCUT2D eigenvalue weighted by molar-refractivity contribution is -0.00540. The molecule has 1 N–H and O–H groups in total. The second-order valence-electron chi connectivity index (χ2n) is 7.81. The van der Waals surface area contributed by atoms with Crippen LogP contribution in [0.5, 0.6) is 0 Å². The number of aromatic nitrogens is 1. The molecule has 2 aromatic rings. The summed E-state index contributed by atoms with van der Waals surface area (Å²) < 4.78 is 5.63. The van der Waals surface area contributed by atoms with Crippen LogP contribution in [0.25, 0.3) is 10.9 Å². The van der Waals surface area contributed by atoms with E-state index >= 15 is 0 Å². The number of fused-ring (bicyclic) bond motifs is 1. The zero-order valence-electron chi connectivity index (χ0n) is 15.8. The lowest BCUT2D eigenvalue weighted by atomic mass is 9.92. The molecule has 1 aromatic heterocycles. The summed E-state index contributed by atoms with van der Waals surface area (Å²) in [6.07, 6.45) is 1.34. The van der Waals surface area contributed by atoms with Crippen LogP contribution in [0.3, 0.4) is 0 Å². The Morgan fingerprint density at radius 1 is 1.19 bits per heavy atom. The third-order valence-corrected chi connectivity index (χ3v) is 5.80. The maximum absolute atomic E-state index is 13.3. The third-order valence-electron chi connectivity index (χ3n) is 5.80. The van der Waals surface area contributed by atoms with Crippen LogP contribution < -0.4 is 0 Å². The van der Waals surface area contributed by atoms with Gasteiger partial charge in [-0.05, 0) is 50.3 Å². The van der Waals surface area contributed by atoms with Crippen molar-refractivity contribution in [2.45, 2.75) is 39.2 Å². The van der Waals surface area contributed by atoms with Gasteiger partial charge in [-0.3, -0.25) is 4.79 Å². The number of nitrogens with zero attached hydrogens (tertiary/aromatic N) is 2. The highest BCUT2D eigenvalue weighted by Crippen LogP contribution is 2.33. The minimum atomic E-state index is -0.564. The first-order valence-electron chi connectivity index (χ1n) is 9.13. The second-order valence-corrected chi connectivity index (χ2v) is 7.81. The molecule has 2 fully saturated rings. The summed E-state index contributed by atoms with van der Waals surface area (Å²) in [5, 5.41) is 1.13. The Bertz CT molecular complexity index is 917. The third kappa shape index (κ3) is 2.47. The van der Waals surface area contributed by atoms with Crippen molar-refractivity contribution in [1.82, 2.24) is 14.8 Å². The molecule has 0 radical (unpaired) electrons. The van der Waals surface area contributed by atoms with Gasteiger partial charge in [0.05, 0.1) is 13.1 Å². The molecule has 2 saturated heterocycles. The number of hydrogen-bond donors (Lipinski definition) is 1. The number of ether oxygens (including phenoxy) is 1. The van der Waals surface area contributed by atoms with Crippen LogP contribution in [0.15, 0.2) is 12.1 Å². The molecule has 1 atom stereocenters.